The summed E-state index contributed by atoms with van der Waals surface area (Å²) in [6.07, 6.45) is 0.404. The highest BCUT2D eigenvalue weighted by Gasteiger charge is 2.42. The average molecular weight is 714 g/mol. The van der Waals surface area contributed by atoms with Gasteiger partial charge in [-0.25, -0.2) is 23.5 Å². The van der Waals surface area contributed by atoms with Gasteiger partial charge in [-0.15, -0.1) is 0 Å². The molecule has 3 aromatic carbocycles. The van der Waals surface area contributed by atoms with E-state index in [2.05, 4.69) is 60.7 Å². The number of nitrogens with zero attached hydrogens (tertiary/aromatic N) is 3. The van der Waals surface area contributed by atoms with Crippen LogP contribution in [-0.2, 0) is 20.9 Å². The molecule has 2 fully saturated rings. The second kappa shape index (κ2) is 13.8. The number of ether oxygens (including phenoxy) is 3. The number of likely N-dealkylation sites (tertiary alicyclic amines) is 1. The van der Waals surface area contributed by atoms with Gasteiger partial charge in [0.25, 0.3) is 0 Å². The van der Waals surface area contributed by atoms with Gasteiger partial charge in [0.1, 0.15) is 36.2 Å². The number of nitrogens with one attached hydrogen (secondary N) is 4. The Morgan fingerprint density at radius 2 is 1.96 bits per heavy atom. The van der Waals surface area contributed by atoms with E-state index in [9.17, 15) is 18.4 Å². The number of alkyl halides is 2. The molecule has 3 unspecified atom stereocenters. The largest absolute Gasteiger partial charge is 0.488 e. The van der Waals surface area contributed by atoms with Gasteiger partial charge in [-0.1, -0.05) is 12.1 Å². The molecule has 5 heterocycles. The molecule has 3 aliphatic heterocycles. The van der Waals surface area contributed by atoms with E-state index in [1.165, 1.54) is 18.7 Å². The molecule has 5 aromatic rings. The molecule has 0 radical (unpaired) electrons. The third kappa shape index (κ3) is 6.34. The predicted octanol–water partition coefficient (Wildman–Crippen LogP) is 6.39. The molecule has 0 bridgehead atoms. The summed E-state index contributed by atoms with van der Waals surface area (Å²) < 4.78 is 44.6. The lowest BCUT2D eigenvalue weighted by Gasteiger charge is -2.28. The summed E-state index contributed by atoms with van der Waals surface area (Å²) >= 11 is 0. The van der Waals surface area contributed by atoms with E-state index >= 15 is 0 Å². The van der Waals surface area contributed by atoms with E-state index in [-0.39, 0.29) is 25.1 Å². The maximum atomic E-state index is 14.7. The van der Waals surface area contributed by atoms with Crippen molar-refractivity contribution in [2.24, 2.45) is 5.92 Å². The van der Waals surface area contributed by atoms with Gasteiger partial charge in [0.05, 0.1) is 48.7 Å². The summed E-state index contributed by atoms with van der Waals surface area (Å²) in [5.41, 5.74) is 6.54. The fraction of sp³-hybridized carbons (Fsp3) is 0.421. The van der Waals surface area contributed by atoms with Crippen LogP contribution in [0.25, 0.3) is 44.2 Å². The number of aromatic amines is 2. The Balaban J connectivity index is 1.10. The van der Waals surface area contributed by atoms with Crippen molar-refractivity contribution in [1.29, 1.82) is 0 Å². The van der Waals surface area contributed by atoms with E-state index in [0.29, 0.717) is 18.9 Å². The number of carbonyl (C=O) groups is 2. The van der Waals surface area contributed by atoms with Gasteiger partial charge in [-0.3, -0.25) is 4.79 Å². The first-order valence-corrected chi connectivity index (χ1v) is 17.7. The number of imidazole rings is 2. The summed E-state index contributed by atoms with van der Waals surface area (Å²) in [4.78, 5) is 43.8. The predicted molar refractivity (Wildman–Crippen MR) is 190 cm³/mol. The first-order chi connectivity index (χ1) is 25.2. The van der Waals surface area contributed by atoms with Crippen molar-refractivity contribution in [3.63, 3.8) is 0 Å². The molecule has 272 valence electrons. The van der Waals surface area contributed by atoms with Gasteiger partial charge in [-0.2, -0.15) is 0 Å². The first-order valence-electron chi connectivity index (χ1n) is 17.7. The number of aromatic nitrogens is 4. The number of methoxy groups -OCH3 is 1. The van der Waals surface area contributed by atoms with Crippen LogP contribution in [0.5, 0.6) is 5.75 Å². The van der Waals surface area contributed by atoms with Crippen LogP contribution in [0, 0.1) is 5.92 Å². The molecule has 14 heteroatoms. The molecule has 8 rings (SSSR count). The van der Waals surface area contributed by atoms with Crippen molar-refractivity contribution in [1.82, 2.24) is 35.5 Å². The van der Waals surface area contributed by atoms with E-state index in [4.69, 9.17) is 14.5 Å². The summed E-state index contributed by atoms with van der Waals surface area (Å²) in [7, 11) is 1.15. The second-order valence-electron chi connectivity index (χ2n) is 13.9. The van der Waals surface area contributed by atoms with Crippen LogP contribution < -0.4 is 15.4 Å². The number of fused-ring (bicyclic) bond motifs is 6. The van der Waals surface area contributed by atoms with E-state index in [1.807, 2.05) is 18.3 Å². The lowest BCUT2D eigenvalue weighted by molar-refractivity contribution is -0.136. The summed E-state index contributed by atoms with van der Waals surface area (Å²) in [6, 6.07) is 12.7. The summed E-state index contributed by atoms with van der Waals surface area (Å²) in [5.74, 6) is 1.40. The average Bonchev–Trinajstić information content (AvgIpc) is 3.97. The smallest absolute Gasteiger partial charge is 0.407 e. The minimum absolute atomic E-state index is 0.0668. The molecule has 52 heavy (non-hydrogen) atoms. The van der Waals surface area contributed by atoms with Crippen LogP contribution in [0.1, 0.15) is 62.4 Å². The number of rotatable bonds is 9. The van der Waals surface area contributed by atoms with Crippen LogP contribution in [0.15, 0.2) is 48.7 Å². The lowest BCUT2D eigenvalue weighted by Crippen LogP contribution is -2.52. The number of H-pyrrole nitrogens is 2. The molecular formula is C38H41F2N7O5. The zero-order valence-corrected chi connectivity index (χ0v) is 29.2. The number of hydrogen-bond donors (Lipinski definition) is 4. The molecule has 3 aliphatic rings. The zero-order chi connectivity index (χ0) is 36.1. The molecule has 2 amide bonds. The molecule has 2 saturated heterocycles. The molecule has 0 spiro atoms. The highest BCUT2D eigenvalue weighted by Crippen LogP contribution is 2.43. The lowest BCUT2D eigenvalue weighted by atomic mass is 9.92. The van der Waals surface area contributed by atoms with Crippen molar-refractivity contribution < 1.29 is 32.6 Å². The number of carbonyl (C=O) groups excluding carboxylic acids is 2. The van der Waals surface area contributed by atoms with Crippen molar-refractivity contribution in [3.8, 4) is 28.1 Å². The van der Waals surface area contributed by atoms with Gasteiger partial charge in [-0.05, 0) is 86.5 Å². The number of benzene rings is 3. The summed E-state index contributed by atoms with van der Waals surface area (Å²) in [5, 5.41) is 7.71. The fourth-order valence-electron chi connectivity index (χ4n) is 7.76. The Kier molecular flexibility index (Phi) is 9.04. The third-order valence-electron chi connectivity index (χ3n) is 10.4. The van der Waals surface area contributed by atoms with Crippen LogP contribution in [0.2, 0.25) is 0 Å². The molecule has 2 aromatic heterocycles. The normalized spacial score (nSPS) is 21.4. The molecule has 0 aliphatic carbocycles. The van der Waals surface area contributed by atoms with Gasteiger partial charge >= 0.3 is 6.09 Å². The Hall–Kier alpha value is -5.08. The highest BCUT2D eigenvalue weighted by molar-refractivity contribution is 6.06. The quantitative estimate of drug-likeness (QED) is 0.137. The monoisotopic (exact) mass is 713 g/mol. The van der Waals surface area contributed by atoms with Gasteiger partial charge in [0.15, 0.2) is 6.36 Å². The minimum atomic E-state index is -1.70. The molecule has 12 nitrogen and oxygen atoms in total. The molecular weight excluding hydrogens is 672 g/mol. The molecule has 4 N–H and O–H groups in total. The van der Waals surface area contributed by atoms with Crippen LogP contribution in [0.4, 0.5) is 13.6 Å². The summed E-state index contributed by atoms with van der Waals surface area (Å²) in [6.45, 7) is 4.12. The van der Waals surface area contributed by atoms with Gasteiger partial charge < -0.3 is 39.7 Å². The standard InChI is InChI=1S/C38H41F2N7O5/c1-19(39)33(46-38(49)50-3)37(48)47-16-21(17-51-20(2)40)11-31(47)36-43-28-9-7-22-12-26-24(13-27(22)34(28)45-36)18-52-32-14-23(6-8-25(26)32)30-15-42-35(44-30)29-5-4-10-41-29/h6-9,12-15,19-21,29,31,33,41H,4-5,10-11,16-18H2,1-3H3,(H,42,44)(H,43,45)(H,46,49)/t19?,20?,21-,29?,31-,33-/m0/s1. The number of halogens is 2. The van der Waals surface area contributed by atoms with E-state index in [1.54, 1.807) is 0 Å². The Bertz CT molecular complexity index is 2140. The number of amides is 2. The first kappa shape index (κ1) is 34.0. The van der Waals surface area contributed by atoms with E-state index < -0.39 is 36.6 Å². The van der Waals surface area contributed by atoms with Crippen molar-refractivity contribution in [2.45, 2.75) is 70.4 Å². The maximum Gasteiger partial charge on any atom is 0.407 e. The maximum absolute atomic E-state index is 14.7. The third-order valence-corrected chi connectivity index (χ3v) is 10.4. The Labute approximate surface area is 298 Å². The fourth-order valence-corrected chi connectivity index (χ4v) is 7.76. The topological polar surface area (TPSA) is 146 Å². The van der Waals surface area contributed by atoms with Crippen LogP contribution in [-0.4, -0.2) is 82.2 Å². The van der Waals surface area contributed by atoms with Crippen molar-refractivity contribution >= 4 is 33.8 Å². The van der Waals surface area contributed by atoms with Crippen LogP contribution in [0.3, 0.4) is 0 Å². The highest BCUT2D eigenvalue weighted by atomic mass is 19.1. The second-order valence-corrected chi connectivity index (χ2v) is 13.9. The van der Waals surface area contributed by atoms with Crippen molar-refractivity contribution in [2.75, 3.05) is 26.8 Å². The van der Waals surface area contributed by atoms with E-state index in [0.717, 1.165) is 87.8 Å². The SMILES string of the molecule is COC(=O)N[C@H](C(=O)N1C[C@@H](COC(C)F)C[C@H]1c1nc2c(ccc3cc4c(cc32)COc2cc(-c3cnc(C5CCCN5)[nH]3)ccc2-4)[nH]1)C(C)F. The zero-order valence-electron chi connectivity index (χ0n) is 29.2. The van der Waals surface area contributed by atoms with Crippen molar-refractivity contribution in [3.05, 3.63) is 65.9 Å². The van der Waals surface area contributed by atoms with Gasteiger partial charge in [0.2, 0.25) is 5.91 Å². The molecule has 6 atom stereocenters. The Morgan fingerprint density at radius 1 is 1.10 bits per heavy atom. The minimum Gasteiger partial charge on any atom is -0.488 e. The van der Waals surface area contributed by atoms with Gasteiger partial charge in [0, 0.05) is 29.0 Å². The Morgan fingerprint density at radius 3 is 2.73 bits per heavy atom. The number of hydrogen-bond acceptors (Lipinski definition) is 8. The van der Waals surface area contributed by atoms with Crippen LogP contribution >= 0.6 is 0 Å². The number of alkyl carbamates (subject to hydrolysis) is 1. The molecule has 0 saturated carbocycles.